The monoisotopic (exact) mass is 429 g/mol. The van der Waals surface area contributed by atoms with Crippen LogP contribution in [-0.2, 0) is 22.1 Å². The minimum Gasteiger partial charge on any atom is -0.347 e. The van der Waals surface area contributed by atoms with Crippen molar-refractivity contribution in [3.63, 3.8) is 0 Å². The van der Waals surface area contributed by atoms with Crippen molar-refractivity contribution in [1.82, 2.24) is 15.1 Å². The number of thiophene rings is 1. The van der Waals surface area contributed by atoms with E-state index in [4.69, 9.17) is 0 Å². The number of nitrogens with one attached hydrogen (secondary N) is 1. The van der Waals surface area contributed by atoms with Gasteiger partial charge < -0.3 is 5.32 Å². The highest BCUT2D eigenvalue weighted by atomic mass is 32.2. The number of carbonyl (C=O) groups excluding carboxylic acids is 1. The van der Waals surface area contributed by atoms with Crippen molar-refractivity contribution in [3.05, 3.63) is 76.5 Å². The molecule has 0 fully saturated rings. The topological polar surface area (TPSA) is 64.0 Å². The molecule has 0 aliphatic carbocycles. The van der Waals surface area contributed by atoms with Gasteiger partial charge in [-0.2, -0.15) is 5.10 Å². The fourth-order valence-electron chi connectivity index (χ4n) is 2.83. The number of allylic oxidation sites excluding steroid dienone is 1. The minimum absolute atomic E-state index is 0.248. The van der Waals surface area contributed by atoms with Gasteiger partial charge in [0.2, 0.25) is 0 Å². The predicted octanol–water partition coefficient (Wildman–Crippen LogP) is 4.17. The quantitative estimate of drug-likeness (QED) is 0.573. The zero-order chi connectivity index (χ0) is 21.0. The summed E-state index contributed by atoms with van der Waals surface area (Å²) in [6.07, 6.45) is 6.55. The molecule has 0 saturated heterocycles. The lowest BCUT2D eigenvalue weighted by molar-refractivity contribution is -0.115. The second-order valence-corrected chi connectivity index (χ2v) is 8.50. The molecule has 0 aliphatic rings. The molecule has 0 radical (unpaired) electrons. The molecule has 1 N–H and O–H groups in total. The van der Waals surface area contributed by atoms with Gasteiger partial charge in [0.25, 0.3) is 5.91 Å². The first-order chi connectivity index (χ1) is 13.9. The molecule has 1 unspecified atom stereocenters. The summed E-state index contributed by atoms with van der Waals surface area (Å²) in [7, 11) is -1.04. The number of rotatable bonds is 7. The Morgan fingerprint density at radius 3 is 2.69 bits per heavy atom. The van der Waals surface area contributed by atoms with Gasteiger partial charge in [-0.15, -0.1) is 11.3 Å². The lowest BCUT2D eigenvalue weighted by Crippen LogP contribution is -2.23. The van der Waals surface area contributed by atoms with Gasteiger partial charge in [0.05, 0.1) is 34.9 Å². The molecule has 0 aliphatic heterocycles. The van der Waals surface area contributed by atoms with Crippen LogP contribution >= 0.6 is 11.3 Å². The van der Waals surface area contributed by atoms with E-state index < -0.39 is 10.8 Å². The van der Waals surface area contributed by atoms with E-state index in [2.05, 4.69) is 17.0 Å². The zero-order valence-electron chi connectivity index (χ0n) is 16.0. The van der Waals surface area contributed by atoms with E-state index in [1.54, 1.807) is 48.3 Å². The summed E-state index contributed by atoms with van der Waals surface area (Å²) in [4.78, 5) is 14.5. The molecule has 2 heterocycles. The average molecular weight is 430 g/mol. The smallest absolute Gasteiger partial charge is 0.251 e. The molecule has 8 heteroatoms. The molecule has 5 nitrogen and oxygen atoms in total. The van der Waals surface area contributed by atoms with Crippen LogP contribution in [0.15, 0.2) is 59.5 Å². The Kier molecular flexibility index (Phi) is 6.56. The van der Waals surface area contributed by atoms with Crippen molar-refractivity contribution < 1.29 is 13.4 Å². The Labute approximate surface area is 175 Å². The summed E-state index contributed by atoms with van der Waals surface area (Å²) in [6.45, 7) is 5.95. The van der Waals surface area contributed by atoms with Crippen LogP contribution in [0, 0.1) is 5.82 Å². The number of carbonyl (C=O) groups is 1. The van der Waals surface area contributed by atoms with E-state index in [0.29, 0.717) is 29.1 Å². The lowest BCUT2D eigenvalue weighted by atomic mass is 10.1. The third-order valence-electron chi connectivity index (χ3n) is 4.28. The van der Waals surface area contributed by atoms with Crippen molar-refractivity contribution >= 4 is 39.7 Å². The molecular formula is C21H20FN3O2S2. The molecular weight excluding hydrogens is 409 g/mol. The van der Waals surface area contributed by atoms with E-state index in [-0.39, 0.29) is 11.7 Å². The van der Waals surface area contributed by atoms with E-state index in [1.807, 2.05) is 11.4 Å². The van der Waals surface area contributed by atoms with E-state index in [9.17, 15) is 13.4 Å². The summed E-state index contributed by atoms with van der Waals surface area (Å²) in [5, 5.41) is 9.07. The van der Waals surface area contributed by atoms with E-state index in [0.717, 1.165) is 9.77 Å². The first-order valence-corrected chi connectivity index (χ1v) is 11.2. The molecule has 3 aromatic rings. The van der Waals surface area contributed by atoms with Crippen LogP contribution in [-0.4, -0.2) is 26.2 Å². The van der Waals surface area contributed by atoms with Gasteiger partial charge in [-0.1, -0.05) is 12.7 Å². The van der Waals surface area contributed by atoms with Crippen LogP contribution in [0.3, 0.4) is 0 Å². The highest BCUT2D eigenvalue weighted by Gasteiger charge is 2.18. The van der Waals surface area contributed by atoms with Crippen molar-refractivity contribution in [2.75, 3.05) is 6.26 Å². The van der Waals surface area contributed by atoms with E-state index in [1.165, 1.54) is 23.5 Å². The van der Waals surface area contributed by atoms with Crippen LogP contribution in [0.25, 0.3) is 17.3 Å². The molecule has 0 saturated carbocycles. The molecule has 0 spiro atoms. The third kappa shape index (κ3) is 4.60. The summed E-state index contributed by atoms with van der Waals surface area (Å²) >= 11 is 1.45. The highest BCUT2D eigenvalue weighted by Crippen LogP contribution is 2.24. The lowest BCUT2D eigenvalue weighted by Gasteiger charge is -2.09. The Morgan fingerprint density at radius 2 is 2.10 bits per heavy atom. The standard InChI is InChI=1S/C21H20FN3O2S2/c1-4-18(21(26)23-11-16-10-17(13-28-16)29(3)27)19-12-24-25(20(19)5-2)15-8-6-14(22)7-9-15/h4-10,12-13H,2,11H2,1,3H3,(H,23,26)/b18-4+. The van der Waals surface area contributed by atoms with Gasteiger partial charge >= 0.3 is 0 Å². The van der Waals surface area contributed by atoms with Gasteiger partial charge in [-0.05, 0) is 43.3 Å². The third-order valence-corrected chi connectivity index (χ3v) is 6.26. The Morgan fingerprint density at radius 1 is 1.38 bits per heavy atom. The zero-order valence-corrected chi connectivity index (χ0v) is 17.6. The predicted molar refractivity (Wildman–Crippen MR) is 116 cm³/mol. The van der Waals surface area contributed by atoms with Crippen molar-refractivity contribution in [2.24, 2.45) is 0 Å². The molecule has 3 rings (SSSR count). The van der Waals surface area contributed by atoms with Crippen molar-refractivity contribution in [3.8, 4) is 5.69 Å². The molecule has 150 valence electrons. The second-order valence-electron chi connectivity index (χ2n) is 6.12. The number of benzene rings is 1. The molecule has 2 aromatic heterocycles. The van der Waals surface area contributed by atoms with Crippen LogP contribution in [0.4, 0.5) is 4.39 Å². The maximum Gasteiger partial charge on any atom is 0.251 e. The molecule has 0 bridgehead atoms. The summed E-state index contributed by atoms with van der Waals surface area (Å²) < 4.78 is 26.4. The molecule has 1 amide bonds. The number of hydrogen-bond donors (Lipinski definition) is 1. The fraction of sp³-hybridized carbons (Fsp3) is 0.143. The summed E-state index contributed by atoms with van der Waals surface area (Å²) in [5.74, 6) is -0.583. The maximum atomic E-state index is 13.2. The largest absolute Gasteiger partial charge is 0.347 e. The minimum atomic E-state index is -1.04. The van der Waals surface area contributed by atoms with Crippen molar-refractivity contribution in [1.29, 1.82) is 0 Å². The van der Waals surface area contributed by atoms with Crippen molar-refractivity contribution in [2.45, 2.75) is 18.4 Å². The number of nitrogens with zero attached hydrogens (tertiary/aromatic N) is 2. The Balaban J connectivity index is 1.82. The number of aromatic nitrogens is 2. The number of amides is 1. The first-order valence-electron chi connectivity index (χ1n) is 8.76. The van der Waals surface area contributed by atoms with E-state index >= 15 is 0 Å². The van der Waals surface area contributed by atoms with Crippen LogP contribution < -0.4 is 5.32 Å². The van der Waals surface area contributed by atoms with Gasteiger partial charge in [-0.25, -0.2) is 9.07 Å². The summed E-state index contributed by atoms with van der Waals surface area (Å²) in [5.41, 5.74) is 2.40. The van der Waals surface area contributed by atoms with Crippen LogP contribution in [0.1, 0.15) is 23.1 Å². The average Bonchev–Trinajstić information content (AvgIpc) is 3.35. The maximum absolute atomic E-state index is 13.2. The van der Waals surface area contributed by atoms with Crippen LogP contribution in [0.2, 0.25) is 0 Å². The number of halogens is 1. The molecule has 1 aromatic carbocycles. The van der Waals surface area contributed by atoms with Gasteiger partial charge in [0, 0.05) is 32.5 Å². The second kappa shape index (κ2) is 9.11. The Bertz CT molecular complexity index is 1100. The highest BCUT2D eigenvalue weighted by molar-refractivity contribution is 7.84. The van der Waals surface area contributed by atoms with Crippen LogP contribution in [0.5, 0.6) is 0 Å². The molecule has 29 heavy (non-hydrogen) atoms. The number of hydrogen-bond acceptors (Lipinski definition) is 4. The molecule has 1 atom stereocenters. The SMILES string of the molecule is C=Cc1c(/C(=C\C)C(=O)NCc2cc(S(C)=O)cs2)cnn1-c1ccc(F)cc1. The van der Waals surface area contributed by atoms with Gasteiger partial charge in [0.15, 0.2) is 0 Å². The summed E-state index contributed by atoms with van der Waals surface area (Å²) in [6, 6.07) is 7.76. The Hall–Kier alpha value is -2.84. The van der Waals surface area contributed by atoms with Gasteiger partial charge in [-0.3, -0.25) is 9.00 Å². The normalized spacial score (nSPS) is 12.6. The fourth-order valence-corrected chi connectivity index (χ4v) is 4.58. The first kappa shape index (κ1) is 20.9. The van der Waals surface area contributed by atoms with Gasteiger partial charge in [0.1, 0.15) is 5.82 Å².